The van der Waals surface area contributed by atoms with Crippen LogP contribution in [0, 0.1) is 6.92 Å². The number of methoxy groups -OCH3 is 1. The standard InChI is InChI=1S/C19H20ClN3O4S/c1-13-5-4-6-14(11-13)19-21-18(22-27-19)9-10-23(2)28(24,25)17-12-15(20)7-8-16(17)26-3/h4-8,11-12H,9-10H2,1-3H3. The summed E-state index contributed by atoms with van der Waals surface area (Å²) in [5, 5.41) is 4.26. The summed E-state index contributed by atoms with van der Waals surface area (Å²) in [4.78, 5) is 4.36. The average molecular weight is 422 g/mol. The van der Waals surface area contributed by atoms with Crippen LogP contribution in [0.5, 0.6) is 5.75 Å². The van der Waals surface area contributed by atoms with Crippen molar-refractivity contribution in [2.45, 2.75) is 18.2 Å². The Labute approximate surface area is 168 Å². The second kappa shape index (κ2) is 8.30. The first-order chi connectivity index (χ1) is 13.3. The highest BCUT2D eigenvalue weighted by Crippen LogP contribution is 2.29. The van der Waals surface area contributed by atoms with E-state index in [1.807, 2.05) is 31.2 Å². The van der Waals surface area contributed by atoms with E-state index in [1.165, 1.54) is 30.6 Å². The summed E-state index contributed by atoms with van der Waals surface area (Å²) in [6.07, 6.45) is 0.300. The third-order valence-corrected chi connectivity index (χ3v) is 6.31. The Morgan fingerprint density at radius 1 is 1.21 bits per heavy atom. The predicted octanol–water partition coefficient (Wildman–Crippen LogP) is 3.57. The molecule has 0 fully saturated rings. The van der Waals surface area contributed by atoms with Crippen LogP contribution in [0.4, 0.5) is 0 Å². The van der Waals surface area contributed by atoms with Crippen LogP contribution >= 0.6 is 11.6 Å². The van der Waals surface area contributed by atoms with Crippen LogP contribution in [0.25, 0.3) is 11.5 Å². The lowest BCUT2D eigenvalue weighted by atomic mass is 10.1. The van der Waals surface area contributed by atoms with Crippen molar-refractivity contribution in [3.05, 3.63) is 58.9 Å². The molecule has 1 heterocycles. The molecule has 9 heteroatoms. The van der Waals surface area contributed by atoms with Gasteiger partial charge in [-0.2, -0.15) is 4.98 Å². The lowest BCUT2D eigenvalue weighted by molar-refractivity contribution is 0.396. The van der Waals surface area contributed by atoms with Crippen LogP contribution in [-0.4, -0.2) is 43.6 Å². The van der Waals surface area contributed by atoms with E-state index < -0.39 is 10.0 Å². The van der Waals surface area contributed by atoms with Crippen molar-refractivity contribution in [2.24, 2.45) is 0 Å². The third-order valence-electron chi connectivity index (χ3n) is 4.20. The number of sulfonamides is 1. The molecule has 0 radical (unpaired) electrons. The molecule has 0 aliphatic carbocycles. The van der Waals surface area contributed by atoms with Crippen molar-refractivity contribution in [2.75, 3.05) is 20.7 Å². The lowest BCUT2D eigenvalue weighted by Crippen LogP contribution is -2.29. The van der Waals surface area contributed by atoms with Crippen LogP contribution in [-0.2, 0) is 16.4 Å². The van der Waals surface area contributed by atoms with Crippen LogP contribution < -0.4 is 4.74 Å². The van der Waals surface area contributed by atoms with Crippen molar-refractivity contribution in [3.8, 4) is 17.2 Å². The van der Waals surface area contributed by atoms with Crippen LogP contribution in [0.3, 0.4) is 0 Å². The topological polar surface area (TPSA) is 85.5 Å². The van der Waals surface area contributed by atoms with E-state index >= 15 is 0 Å². The summed E-state index contributed by atoms with van der Waals surface area (Å²) in [5.41, 5.74) is 1.90. The maximum atomic E-state index is 12.9. The third kappa shape index (κ3) is 4.35. The monoisotopic (exact) mass is 421 g/mol. The fraction of sp³-hybridized carbons (Fsp3) is 0.263. The number of aromatic nitrogens is 2. The second-order valence-electron chi connectivity index (χ2n) is 6.26. The number of benzene rings is 2. The average Bonchev–Trinajstić information content (AvgIpc) is 3.15. The fourth-order valence-corrected chi connectivity index (χ4v) is 4.23. The molecule has 1 aromatic heterocycles. The van der Waals surface area contributed by atoms with Gasteiger partial charge in [0.15, 0.2) is 5.82 Å². The Hall–Kier alpha value is -2.42. The summed E-state index contributed by atoms with van der Waals surface area (Å²) in [6.45, 7) is 2.15. The van der Waals surface area contributed by atoms with Crippen molar-refractivity contribution in [3.63, 3.8) is 0 Å². The van der Waals surface area contributed by atoms with Gasteiger partial charge in [0.1, 0.15) is 10.6 Å². The molecule has 0 atom stereocenters. The Balaban J connectivity index is 1.74. The Bertz CT molecular complexity index is 1080. The number of ether oxygens (including phenoxy) is 1. The first-order valence-corrected chi connectivity index (χ1v) is 10.3. The van der Waals surface area contributed by atoms with Crippen molar-refractivity contribution in [1.29, 1.82) is 0 Å². The van der Waals surface area contributed by atoms with Crippen LogP contribution in [0.15, 0.2) is 51.9 Å². The minimum absolute atomic E-state index is 0.0126. The van der Waals surface area contributed by atoms with Gasteiger partial charge >= 0.3 is 0 Å². The summed E-state index contributed by atoms with van der Waals surface area (Å²) < 4.78 is 37.4. The first-order valence-electron chi connectivity index (χ1n) is 8.51. The number of likely N-dealkylation sites (N-methyl/N-ethyl adjacent to an activating group) is 1. The summed E-state index contributed by atoms with van der Waals surface area (Å²) in [5.74, 6) is 1.06. The fourth-order valence-electron chi connectivity index (χ4n) is 2.65. The molecule has 7 nitrogen and oxygen atoms in total. The van der Waals surface area contributed by atoms with Gasteiger partial charge in [0.25, 0.3) is 5.89 Å². The molecule has 148 valence electrons. The number of rotatable bonds is 7. The predicted molar refractivity (Wildman–Crippen MR) is 106 cm³/mol. The van der Waals surface area contributed by atoms with E-state index in [4.69, 9.17) is 20.9 Å². The molecule has 28 heavy (non-hydrogen) atoms. The van der Waals surface area contributed by atoms with Gasteiger partial charge in [-0.3, -0.25) is 0 Å². The number of aryl methyl sites for hydroxylation is 1. The molecule has 0 aliphatic heterocycles. The molecule has 0 N–H and O–H groups in total. The van der Waals surface area contributed by atoms with Gasteiger partial charge in [0, 0.05) is 30.6 Å². The normalized spacial score (nSPS) is 11.8. The molecule has 0 spiro atoms. The highest BCUT2D eigenvalue weighted by molar-refractivity contribution is 7.89. The van der Waals surface area contributed by atoms with Crippen molar-refractivity contribution < 1.29 is 17.7 Å². The van der Waals surface area contributed by atoms with Crippen molar-refractivity contribution >= 4 is 21.6 Å². The smallest absolute Gasteiger partial charge is 0.257 e. The summed E-state index contributed by atoms with van der Waals surface area (Å²) in [7, 11) is -0.893. The van der Waals surface area contributed by atoms with Gasteiger partial charge in [0.05, 0.1) is 7.11 Å². The zero-order chi connectivity index (χ0) is 20.3. The zero-order valence-corrected chi connectivity index (χ0v) is 17.3. The van der Waals surface area contributed by atoms with E-state index in [2.05, 4.69) is 10.1 Å². The molecule has 0 saturated carbocycles. The van der Waals surface area contributed by atoms with Gasteiger partial charge in [0.2, 0.25) is 10.0 Å². The van der Waals surface area contributed by atoms with E-state index in [0.29, 0.717) is 23.2 Å². The maximum Gasteiger partial charge on any atom is 0.257 e. The number of nitrogens with zero attached hydrogens (tertiary/aromatic N) is 3. The molecular formula is C19H20ClN3O4S. The molecule has 0 bridgehead atoms. The van der Waals surface area contributed by atoms with Gasteiger partial charge in [-0.25, -0.2) is 12.7 Å². The highest BCUT2D eigenvalue weighted by atomic mass is 35.5. The molecule has 0 aliphatic rings. The van der Waals surface area contributed by atoms with Gasteiger partial charge in [-0.15, -0.1) is 0 Å². The molecule has 0 amide bonds. The lowest BCUT2D eigenvalue weighted by Gasteiger charge is -2.18. The quantitative estimate of drug-likeness (QED) is 0.579. The first kappa shape index (κ1) is 20.3. The van der Waals surface area contributed by atoms with E-state index in [9.17, 15) is 8.42 Å². The van der Waals surface area contributed by atoms with E-state index in [1.54, 1.807) is 6.07 Å². The molecule has 0 unspecified atom stereocenters. The molecule has 3 aromatic rings. The largest absolute Gasteiger partial charge is 0.495 e. The molecule has 0 saturated heterocycles. The van der Waals surface area contributed by atoms with E-state index in [0.717, 1.165) is 11.1 Å². The summed E-state index contributed by atoms with van der Waals surface area (Å²) >= 11 is 5.96. The zero-order valence-electron chi connectivity index (χ0n) is 15.7. The van der Waals surface area contributed by atoms with Crippen LogP contribution in [0.2, 0.25) is 5.02 Å². The SMILES string of the molecule is COc1ccc(Cl)cc1S(=O)(=O)N(C)CCc1noc(-c2cccc(C)c2)n1. The Kier molecular flexibility index (Phi) is 6.02. The molecule has 2 aromatic carbocycles. The molecule has 3 rings (SSSR count). The number of hydrogen-bond acceptors (Lipinski definition) is 6. The molecular weight excluding hydrogens is 402 g/mol. The van der Waals surface area contributed by atoms with Crippen molar-refractivity contribution in [1.82, 2.24) is 14.4 Å². The number of halogens is 1. The number of hydrogen-bond donors (Lipinski definition) is 0. The van der Waals surface area contributed by atoms with Gasteiger partial charge in [-0.05, 0) is 37.3 Å². The minimum Gasteiger partial charge on any atom is -0.495 e. The van der Waals surface area contributed by atoms with E-state index in [-0.39, 0.29) is 17.2 Å². The van der Waals surface area contributed by atoms with Gasteiger partial charge < -0.3 is 9.26 Å². The second-order valence-corrected chi connectivity index (χ2v) is 8.71. The van der Waals surface area contributed by atoms with Gasteiger partial charge in [-0.1, -0.05) is 34.5 Å². The highest BCUT2D eigenvalue weighted by Gasteiger charge is 2.25. The Morgan fingerprint density at radius 2 is 2.00 bits per heavy atom. The Morgan fingerprint density at radius 3 is 2.71 bits per heavy atom. The minimum atomic E-state index is -3.79. The van der Waals surface area contributed by atoms with Crippen LogP contribution in [0.1, 0.15) is 11.4 Å². The summed E-state index contributed by atoms with van der Waals surface area (Å²) in [6, 6.07) is 12.2. The maximum absolute atomic E-state index is 12.9.